The smallest absolute Gasteiger partial charge is 0.269 e. The quantitative estimate of drug-likeness (QED) is 0.346. The molecule has 2 heterocycles. The lowest BCUT2D eigenvalue weighted by Gasteiger charge is -2.11. The van der Waals surface area contributed by atoms with Gasteiger partial charge in [0.25, 0.3) is 11.5 Å². The van der Waals surface area contributed by atoms with Gasteiger partial charge in [-0.3, -0.25) is 14.0 Å². The summed E-state index contributed by atoms with van der Waals surface area (Å²) in [6, 6.07) is 17.5. The Kier molecular flexibility index (Phi) is 6.19. The van der Waals surface area contributed by atoms with Gasteiger partial charge in [0.15, 0.2) is 0 Å². The third kappa shape index (κ3) is 4.84. The van der Waals surface area contributed by atoms with Crippen molar-refractivity contribution in [3.8, 4) is 17.7 Å². The Labute approximate surface area is 194 Å². The fourth-order valence-electron chi connectivity index (χ4n) is 3.41. The molecule has 34 heavy (non-hydrogen) atoms. The van der Waals surface area contributed by atoms with Crippen molar-refractivity contribution in [2.45, 2.75) is 13.8 Å². The number of ether oxygens (including phenoxy) is 1. The minimum absolute atomic E-state index is 0.0384. The lowest BCUT2D eigenvalue weighted by molar-refractivity contribution is -0.112. The van der Waals surface area contributed by atoms with Crippen LogP contribution in [0.25, 0.3) is 11.7 Å². The van der Waals surface area contributed by atoms with Crippen molar-refractivity contribution in [2.75, 3.05) is 5.32 Å². The largest absolute Gasteiger partial charge is 0.438 e. The van der Waals surface area contributed by atoms with E-state index in [2.05, 4.69) is 10.3 Å². The Hall–Kier alpha value is -4.77. The van der Waals surface area contributed by atoms with Crippen LogP contribution in [0.3, 0.4) is 0 Å². The maximum atomic E-state index is 13.3. The molecule has 0 aliphatic carbocycles. The summed E-state index contributed by atoms with van der Waals surface area (Å²) < 4.78 is 20.4. The van der Waals surface area contributed by atoms with Gasteiger partial charge < -0.3 is 10.1 Å². The van der Waals surface area contributed by atoms with Gasteiger partial charge in [0, 0.05) is 11.9 Å². The van der Waals surface area contributed by atoms with Crippen LogP contribution >= 0.6 is 0 Å². The second-order valence-corrected chi connectivity index (χ2v) is 7.62. The number of halogens is 1. The molecule has 1 amide bonds. The number of aryl methyl sites for hydroxylation is 2. The molecule has 2 aromatic heterocycles. The number of hydrogen-bond donors (Lipinski definition) is 1. The minimum atomic E-state index is -0.760. The molecule has 0 bridgehead atoms. The van der Waals surface area contributed by atoms with Crippen LogP contribution in [0.1, 0.15) is 16.7 Å². The number of nitrogens with one attached hydrogen (secondary N) is 1. The Morgan fingerprint density at radius 3 is 2.50 bits per heavy atom. The number of nitrogens with zero attached hydrogens (tertiary/aromatic N) is 3. The first-order valence-electron chi connectivity index (χ1n) is 10.3. The molecule has 168 valence electrons. The van der Waals surface area contributed by atoms with E-state index in [1.165, 1.54) is 34.9 Å². The van der Waals surface area contributed by atoms with Gasteiger partial charge in [-0.2, -0.15) is 10.2 Å². The molecule has 1 N–H and O–H groups in total. The second-order valence-electron chi connectivity index (χ2n) is 7.62. The number of benzene rings is 2. The van der Waals surface area contributed by atoms with E-state index in [1.807, 2.05) is 26.0 Å². The number of nitriles is 1. The molecule has 0 aliphatic heterocycles. The lowest BCUT2D eigenvalue weighted by Crippen LogP contribution is -2.20. The molecule has 2 aromatic carbocycles. The molecule has 7 nitrogen and oxygen atoms in total. The lowest BCUT2D eigenvalue weighted by atomic mass is 10.1. The van der Waals surface area contributed by atoms with Crippen LogP contribution in [0.4, 0.5) is 10.1 Å². The molecule has 0 fully saturated rings. The van der Waals surface area contributed by atoms with E-state index in [4.69, 9.17) is 4.74 Å². The summed E-state index contributed by atoms with van der Waals surface area (Å²) in [5.74, 6) is -0.793. The molecule has 0 unspecified atom stereocenters. The number of aromatic nitrogens is 2. The van der Waals surface area contributed by atoms with Crippen LogP contribution in [0, 0.1) is 31.0 Å². The third-order valence-electron chi connectivity index (χ3n) is 4.90. The number of hydrogen-bond acceptors (Lipinski definition) is 5. The Morgan fingerprint density at radius 1 is 1.12 bits per heavy atom. The first kappa shape index (κ1) is 22.4. The van der Waals surface area contributed by atoms with Crippen LogP contribution < -0.4 is 15.6 Å². The van der Waals surface area contributed by atoms with E-state index in [0.717, 1.165) is 17.2 Å². The highest BCUT2D eigenvalue weighted by molar-refractivity contribution is 6.09. The summed E-state index contributed by atoms with van der Waals surface area (Å²) in [6.07, 6.45) is 2.68. The molecule has 4 rings (SSSR count). The summed E-state index contributed by atoms with van der Waals surface area (Å²) in [6.45, 7) is 3.83. The molecule has 0 aliphatic rings. The van der Waals surface area contributed by atoms with Gasteiger partial charge in [0.2, 0.25) is 5.88 Å². The Balaban J connectivity index is 1.81. The molecule has 0 saturated heterocycles. The molecular weight excluding hydrogens is 435 g/mol. The van der Waals surface area contributed by atoms with Gasteiger partial charge in [0.05, 0.1) is 0 Å². The second kappa shape index (κ2) is 9.38. The van der Waals surface area contributed by atoms with Gasteiger partial charge >= 0.3 is 0 Å². The highest BCUT2D eigenvalue weighted by atomic mass is 19.1. The maximum absolute atomic E-state index is 13.3. The standard InChI is InChI=1S/C26H19FN4O3/c1-16-11-17(2)13-21(12-16)34-25-22(26(33)31-10-4-3-5-23(31)30-25)14-18(15-28)24(32)29-20-8-6-19(27)7-9-20/h3-14H,1-2H3,(H,29,32)/b18-14-. The predicted octanol–water partition coefficient (Wildman–Crippen LogP) is 4.79. The van der Waals surface area contributed by atoms with Crippen molar-refractivity contribution >= 4 is 23.3 Å². The number of carbonyl (C=O) groups excluding carboxylic acids is 1. The topological polar surface area (TPSA) is 96.5 Å². The average Bonchev–Trinajstić information content (AvgIpc) is 2.80. The summed E-state index contributed by atoms with van der Waals surface area (Å²) in [5, 5.41) is 12.1. The van der Waals surface area contributed by atoms with Crippen molar-refractivity contribution in [1.82, 2.24) is 9.38 Å². The van der Waals surface area contributed by atoms with Gasteiger partial charge in [-0.05, 0) is 79.6 Å². The van der Waals surface area contributed by atoms with Crippen molar-refractivity contribution in [1.29, 1.82) is 5.26 Å². The molecular formula is C26H19FN4O3. The predicted molar refractivity (Wildman–Crippen MR) is 126 cm³/mol. The zero-order chi connectivity index (χ0) is 24.2. The number of rotatable bonds is 5. The summed E-state index contributed by atoms with van der Waals surface area (Å²) in [5.41, 5.74) is 1.65. The van der Waals surface area contributed by atoms with Gasteiger partial charge in [0.1, 0.15) is 34.4 Å². The first-order chi connectivity index (χ1) is 16.3. The SMILES string of the molecule is Cc1cc(C)cc(Oc2nc3ccccn3c(=O)c2/C=C(/C#N)C(=O)Nc2ccc(F)cc2)c1. The fourth-order valence-corrected chi connectivity index (χ4v) is 3.41. The number of anilines is 1. The van der Waals surface area contributed by atoms with E-state index in [-0.39, 0.29) is 17.0 Å². The summed E-state index contributed by atoms with van der Waals surface area (Å²) in [7, 11) is 0. The fraction of sp³-hybridized carbons (Fsp3) is 0.0769. The van der Waals surface area contributed by atoms with Crippen molar-refractivity contribution in [2.24, 2.45) is 0 Å². The molecule has 0 spiro atoms. The zero-order valence-electron chi connectivity index (χ0n) is 18.4. The monoisotopic (exact) mass is 454 g/mol. The van der Waals surface area contributed by atoms with Gasteiger partial charge in [-0.25, -0.2) is 4.39 Å². The maximum Gasteiger partial charge on any atom is 0.269 e. The summed E-state index contributed by atoms with van der Waals surface area (Å²) >= 11 is 0. The number of amides is 1. The normalized spacial score (nSPS) is 11.2. The van der Waals surface area contributed by atoms with E-state index < -0.39 is 17.3 Å². The number of fused-ring (bicyclic) bond motifs is 1. The summed E-state index contributed by atoms with van der Waals surface area (Å²) in [4.78, 5) is 30.4. The molecule has 4 aromatic rings. The van der Waals surface area contributed by atoms with E-state index in [1.54, 1.807) is 30.3 Å². The minimum Gasteiger partial charge on any atom is -0.438 e. The van der Waals surface area contributed by atoms with Crippen LogP contribution in [-0.2, 0) is 4.79 Å². The van der Waals surface area contributed by atoms with Crippen molar-refractivity contribution in [3.05, 3.63) is 105 Å². The van der Waals surface area contributed by atoms with Crippen molar-refractivity contribution in [3.63, 3.8) is 0 Å². The number of carbonyl (C=O) groups is 1. The Morgan fingerprint density at radius 2 is 1.82 bits per heavy atom. The van der Waals surface area contributed by atoms with Gasteiger partial charge in [-0.1, -0.05) is 12.1 Å². The van der Waals surface area contributed by atoms with Crippen LogP contribution in [0.15, 0.2) is 77.2 Å². The first-order valence-corrected chi connectivity index (χ1v) is 10.3. The van der Waals surface area contributed by atoms with Crippen LogP contribution in [0.2, 0.25) is 0 Å². The molecule has 0 saturated carbocycles. The van der Waals surface area contributed by atoms with Crippen LogP contribution in [-0.4, -0.2) is 15.3 Å². The van der Waals surface area contributed by atoms with Gasteiger partial charge in [-0.15, -0.1) is 0 Å². The van der Waals surface area contributed by atoms with Crippen molar-refractivity contribution < 1.29 is 13.9 Å². The Bertz CT molecular complexity index is 1510. The zero-order valence-corrected chi connectivity index (χ0v) is 18.4. The van der Waals surface area contributed by atoms with E-state index >= 15 is 0 Å². The van der Waals surface area contributed by atoms with Crippen LogP contribution in [0.5, 0.6) is 11.6 Å². The molecule has 0 atom stereocenters. The number of pyridine rings is 1. The average molecular weight is 454 g/mol. The third-order valence-corrected chi connectivity index (χ3v) is 4.90. The van der Waals surface area contributed by atoms with E-state index in [9.17, 15) is 19.2 Å². The highest BCUT2D eigenvalue weighted by Gasteiger charge is 2.18. The highest BCUT2D eigenvalue weighted by Crippen LogP contribution is 2.26. The van der Waals surface area contributed by atoms with E-state index in [0.29, 0.717) is 17.1 Å². The molecule has 0 radical (unpaired) electrons. The molecule has 8 heteroatoms.